The molecular formula is C35H38FN5O5S. The second-order valence-corrected chi connectivity index (χ2v) is 14.1. The minimum absolute atomic E-state index is 0.00199. The van der Waals surface area contributed by atoms with Gasteiger partial charge >= 0.3 is 5.97 Å². The maximum absolute atomic E-state index is 14.5. The third kappa shape index (κ3) is 8.40. The molecule has 1 fully saturated rings. The topological polar surface area (TPSA) is 136 Å². The molecule has 2 amide bonds. The molecule has 2 aromatic carbocycles. The van der Waals surface area contributed by atoms with Gasteiger partial charge in [0.05, 0.1) is 28.9 Å². The Hall–Kier alpha value is -4.63. The van der Waals surface area contributed by atoms with Crippen LogP contribution in [0.4, 0.5) is 10.1 Å². The number of aromatic nitrogens is 1. The van der Waals surface area contributed by atoms with Crippen molar-refractivity contribution in [2.24, 2.45) is 0 Å². The first-order chi connectivity index (χ1) is 22.4. The molecule has 47 heavy (non-hydrogen) atoms. The van der Waals surface area contributed by atoms with E-state index < -0.39 is 23.5 Å². The molecule has 3 aromatic rings. The first kappa shape index (κ1) is 33.7. The molecule has 246 valence electrons. The number of thioether (sulfide) groups is 1. The average molecular weight is 660 g/mol. The number of fused-ring (bicyclic) bond motifs is 1. The van der Waals surface area contributed by atoms with Crippen LogP contribution in [0.2, 0.25) is 0 Å². The number of nitrogens with one attached hydrogen (secondary N) is 1. The highest BCUT2D eigenvalue weighted by molar-refractivity contribution is 7.99. The Bertz CT molecular complexity index is 1680. The number of hydrogen-bond acceptors (Lipinski definition) is 8. The third-order valence-electron chi connectivity index (χ3n) is 8.10. The Morgan fingerprint density at radius 1 is 1.19 bits per heavy atom. The summed E-state index contributed by atoms with van der Waals surface area (Å²) in [4.78, 5) is 46.0. The fourth-order valence-corrected chi connectivity index (χ4v) is 6.85. The molecule has 0 radical (unpaired) electrons. The van der Waals surface area contributed by atoms with Gasteiger partial charge in [-0.3, -0.25) is 14.4 Å². The number of carboxylic acid groups (broad SMARTS) is 1. The standard InChI is InChI=1S/C35H38FN5O5S/c1-35(2,3)39-33(44)29(10-12-32(42)43)41-20-26-25(34(41)45)5-4-6-30(26)46-21-23-8-11-31(38-19-23)47-24-13-15-40(16-14-24)28-9-7-22(18-37)17-27(28)36/h4-9,11,17,19,24,29H,10,12-16,20-21H2,1-3H3,(H,39,44)(H,42,43)/t29-/m0/s1. The molecule has 5 rings (SSSR count). The molecule has 0 saturated carbocycles. The zero-order valence-electron chi connectivity index (χ0n) is 26.7. The maximum atomic E-state index is 14.5. The van der Waals surface area contributed by atoms with Crippen molar-refractivity contribution in [3.63, 3.8) is 0 Å². The van der Waals surface area contributed by atoms with Gasteiger partial charge in [-0.25, -0.2) is 9.37 Å². The lowest BCUT2D eigenvalue weighted by atomic mass is 10.0. The Kier molecular flexibility index (Phi) is 10.3. The van der Waals surface area contributed by atoms with Gasteiger partial charge in [0.1, 0.15) is 24.2 Å². The number of carboxylic acids is 1. The number of aliphatic carboxylic acids is 1. The van der Waals surface area contributed by atoms with Gasteiger partial charge < -0.3 is 25.0 Å². The zero-order valence-corrected chi connectivity index (χ0v) is 27.5. The first-order valence-electron chi connectivity index (χ1n) is 15.6. The van der Waals surface area contributed by atoms with Crippen molar-refractivity contribution in [1.82, 2.24) is 15.2 Å². The number of anilines is 1. The third-order valence-corrected chi connectivity index (χ3v) is 9.39. The van der Waals surface area contributed by atoms with Crippen LogP contribution in [0.3, 0.4) is 0 Å². The zero-order chi connectivity index (χ0) is 33.7. The molecule has 0 unspecified atom stereocenters. The number of halogens is 1. The van der Waals surface area contributed by atoms with Gasteiger partial charge in [-0.1, -0.05) is 12.1 Å². The Labute approximate surface area is 277 Å². The van der Waals surface area contributed by atoms with Crippen LogP contribution < -0.4 is 15.0 Å². The molecule has 3 heterocycles. The SMILES string of the molecule is CC(C)(C)NC(=O)[C@H](CCC(=O)O)N1Cc2c(OCc3ccc(SC4CCN(c5ccc(C#N)cc5F)CC4)nc3)cccc2C1=O. The van der Waals surface area contributed by atoms with Crippen LogP contribution in [0.15, 0.2) is 59.8 Å². The number of carbonyl (C=O) groups excluding carboxylic acids is 2. The van der Waals surface area contributed by atoms with Crippen LogP contribution >= 0.6 is 11.8 Å². The minimum atomic E-state index is -1.04. The quantitative estimate of drug-likeness (QED) is 0.272. The van der Waals surface area contributed by atoms with E-state index in [2.05, 4.69) is 10.3 Å². The van der Waals surface area contributed by atoms with Crippen molar-refractivity contribution in [1.29, 1.82) is 5.26 Å². The van der Waals surface area contributed by atoms with Crippen LogP contribution in [0.25, 0.3) is 0 Å². The molecule has 0 bridgehead atoms. The molecule has 2 N–H and O–H groups in total. The molecule has 0 aliphatic carbocycles. The highest BCUT2D eigenvalue weighted by atomic mass is 32.2. The lowest BCUT2D eigenvalue weighted by Gasteiger charge is -2.33. The fraction of sp³-hybridized carbons (Fsp3) is 0.400. The number of hydrogen-bond donors (Lipinski definition) is 2. The molecule has 1 atom stereocenters. The van der Waals surface area contributed by atoms with Crippen molar-refractivity contribution >= 4 is 35.2 Å². The molecule has 12 heteroatoms. The second-order valence-electron chi connectivity index (χ2n) is 12.8. The monoisotopic (exact) mass is 659 g/mol. The Balaban J connectivity index is 1.17. The lowest BCUT2D eigenvalue weighted by molar-refractivity contribution is -0.137. The summed E-state index contributed by atoms with van der Waals surface area (Å²) in [5.41, 5.74) is 2.24. The van der Waals surface area contributed by atoms with E-state index in [0.29, 0.717) is 33.4 Å². The molecule has 1 saturated heterocycles. The van der Waals surface area contributed by atoms with Crippen LogP contribution in [-0.4, -0.2) is 62.7 Å². The summed E-state index contributed by atoms with van der Waals surface area (Å²) in [7, 11) is 0. The number of amides is 2. The van der Waals surface area contributed by atoms with E-state index in [1.165, 1.54) is 11.0 Å². The summed E-state index contributed by atoms with van der Waals surface area (Å²) in [6, 6.07) is 14.7. The van der Waals surface area contributed by atoms with Crippen LogP contribution in [0, 0.1) is 17.1 Å². The summed E-state index contributed by atoms with van der Waals surface area (Å²) in [5, 5.41) is 22.4. The Morgan fingerprint density at radius 3 is 2.60 bits per heavy atom. The molecule has 1 aromatic heterocycles. The summed E-state index contributed by atoms with van der Waals surface area (Å²) in [6.07, 6.45) is 3.27. The van der Waals surface area contributed by atoms with Gasteiger partial charge in [0.2, 0.25) is 5.91 Å². The van der Waals surface area contributed by atoms with E-state index in [4.69, 9.17) is 10.00 Å². The average Bonchev–Trinajstić information content (AvgIpc) is 3.36. The normalized spacial score (nSPS) is 15.6. The van der Waals surface area contributed by atoms with Crippen LogP contribution in [0.5, 0.6) is 5.75 Å². The number of piperidine rings is 1. The number of rotatable bonds is 11. The first-order valence-corrected chi connectivity index (χ1v) is 16.5. The van der Waals surface area contributed by atoms with E-state index >= 15 is 0 Å². The predicted octanol–water partition coefficient (Wildman–Crippen LogP) is 5.54. The number of pyridine rings is 1. The smallest absolute Gasteiger partial charge is 0.303 e. The lowest BCUT2D eigenvalue weighted by Crippen LogP contribution is -2.52. The molecule has 2 aliphatic heterocycles. The second kappa shape index (κ2) is 14.4. The van der Waals surface area contributed by atoms with Gasteiger partial charge in [-0.05, 0) is 76.4 Å². The van der Waals surface area contributed by atoms with Gasteiger partial charge in [0.25, 0.3) is 5.91 Å². The van der Waals surface area contributed by atoms with Crippen molar-refractivity contribution in [2.45, 2.75) is 81.5 Å². The number of nitrogens with zero attached hydrogens (tertiary/aromatic N) is 4. The van der Waals surface area contributed by atoms with Crippen LogP contribution in [0.1, 0.15) is 73.5 Å². The largest absolute Gasteiger partial charge is 0.488 e. The summed E-state index contributed by atoms with van der Waals surface area (Å²) < 4.78 is 20.6. The number of nitriles is 1. The van der Waals surface area contributed by atoms with E-state index in [-0.39, 0.29) is 37.7 Å². The van der Waals surface area contributed by atoms with Gasteiger partial charge in [-0.15, -0.1) is 11.8 Å². The fourth-order valence-electron chi connectivity index (χ4n) is 5.80. The minimum Gasteiger partial charge on any atom is -0.488 e. The summed E-state index contributed by atoms with van der Waals surface area (Å²) >= 11 is 1.70. The van der Waals surface area contributed by atoms with Crippen molar-refractivity contribution in [3.8, 4) is 11.8 Å². The van der Waals surface area contributed by atoms with E-state index in [0.717, 1.165) is 36.5 Å². The molecule has 0 spiro atoms. The van der Waals surface area contributed by atoms with Gasteiger partial charge in [0, 0.05) is 53.2 Å². The summed E-state index contributed by atoms with van der Waals surface area (Å²) in [5.74, 6) is -1.61. The van der Waals surface area contributed by atoms with E-state index in [9.17, 15) is 23.9 Å². The van der Waals surface area contributed by atoms with E-state index in [1.54, 1.807) is 48.3 Å². The molecule has 2 aliphatic rings. The van der Waals surface area contributed by atoms with Gasteiger partial charge in [0.15, 0.2) is 0 Å². The number of ether oxygens (including phenoxy) is 1. The van der Waals surface area contributed by atoms with Gasteiger partial charge in [-0.2, -0.15) is 5.26 Å². The van der Waals surface area contributed by atoms with Crippen molar-refractivity contribution < 1.29 is 28.6 Å². The number of benzene rings is 2. The highest BCUT2D eigenvalue weighted by Crippen LogP contribution is 2.35. The molecule has 10 nitrogen and oxygen atoms in total. The Morgan fingerprint density at radius 2 is 1.96 bits per heavy atom. The summed E-state index contributed by atoms with van der Waals surface area (Å²) in [6.45, 7) is 7.29. The van der Waals surface area contributed by atoms with Crippen molar-refractivity contribution in [2.75, 3.05) is 18.0 Å². The predicted molar refractivity (Wildman–Crippen MR) is 176 cm³/mol. The highest BCUT2D eigenvalue weighted by Gasteiger charge is 2.39. The van der Waals surface area contributed by atoms with E-state index in [1.807, 2.05) is 43.9 Å². The maximum Gasteiger partial charge on any atom is 0.303 e. The van der Waals surface area contributed by atoms with Crippen LogP contribution in [-0.2, 0) is 22.7 Å². The molecular weight excluding hydrogens is 621 g/mol. The number of carbonyl (C=O) groups is 3. The van der Waals surface area contributed by atoms with Crippen molar-refractivity contribution in [3.05, 3.63) is 82.8 Å².